The van der Waals surface area contributed by atoms with Crippen LogP contribution in [0.2, 0.25) is 0 Å². The van der Waals surface area contributed by atoms with E-state index in [2.05, 4.69) is 0 Å². The molecule has 0 unspecified atom stereocenters. The van der Waals surface area contributed by atoms with Gasteiger partial charge in [0.1, 0.15) is 4.88 Å². The summed E-state index contributed by atoms with van der Waals surface area (Å²) in [6.45, 7) is 1.95. The van der Waals surface area contributed by atoms with Gasteiger partial charge >= 0.3 is 5.97 Å². The van der Waals surface area contributed by atoms with E-state index in [9.17, 15) is 23.3 Å². The van der Waals surface area contributed by atoms with Gasteiger partial charge < -0.3 is 4.74 Å². The fourth-order valence-electron chi connectivity index (χ4n) is 2.74. The molecule has 0 aliphatic rings. The van der Waals surface area contributed by atoms with E-state index in [4.69, 9.17) is 4.74 Å². The van der Waals surface area contributed by atoms with Crippen molar-refractivity contribution in [2.75, 3.05) is 12.9 Å². The minimum atomic E-state index is -3.33. The van der Waals surface area contributed by atoms with Gasteiger partial charge in [-0.2, -0.15) is 0 Å². The molecule has 0 fully saturated rings. The van der Waals surface area contributed by atoms with Crippen molar-refractivity contribution in [1.29, 1.82) is 0 Å². The van der Waals surface area contributed by atoms with Crippen LogP contribution in [0.3, 0.4) is 0 Å². The van der Waals surface area contributed by atoms with Gasteiger partial charge in [-0.3, -0.25) is 10.1 Å². The highest BCUT2D eigenvalue weighted by atomic mass is 32.2. The number of sulfone groups is 1. The molecule has 2 aromatic carbocycles. The molecule has 3 rings (SSSR count). The van der Waals surface area contributed by atoms with E-state index in [0.717, 1.165) is 16.7 Å². The number of carbonyl (C=O) groups is 1. The van der Waals surface area contributed by atoms with Crippen LogP contribution in [-0.2, 0) is 14.6 Å². The maximum atomic E-state index is 12.2. The third kappa shape index (κ3) is 4.52. The smallest absolute Gasteiger partial charge is 0.348 e. The topological polar surface area (TPSA) is 104 Å². The first-order chi connectivity index (χ1) is 13.7. The zero-order valence-corrected chi connectivity index (χ0v) is 17.2. The van der Waals surface area contributed by atoms with Gasteiger partial charge in [-0.1, -0.05) is 12.1 Å². The Bertz CT molecular complexity index is 1160. The summed E-state index contributed by atoms with van der Waals surface area (Å²) in [5.41, 5.74) is 2.11. The van der Waals surface area contributed by atoms with Crippen LogP contribution in [-0.4, -0.2) is 32.2 Å². The van der Waals surface area contributed by atoms with Crippen LogP contribution in [0, 0.1) is 10.1 Å². The number of nitro benzene ring substituents is 1. The third-order valence-electron chi connectivity index (χ3n) is 4.14. The van der Waals surface area contributed by atoms with Crippen molar-refractivity contribution in [3.8, 4) is 21.6 Å². The molecule has 0 spiro atoms. The van der Waals surface area contributed by atoms with E-state index in [0.29, 0.717) is 16.0 Å². The lowest BCUT2D eigenvalue weighted by Crippen LogP contribution is -2.01. The van der Waals surface area contributed by atoms with Crippen molar-refractivity contribution in [3.63, 3.8) is 0 Å². The van der Waals surface area contributed by atoms with Gasteiger partial charge in [-0.15, -0.1) is 11.3 Å². The SMILES string of the molecule is CCOC(=O)c1cc(-c2ccc(S(C)(=O)=O)cc2)c(-c2ccc([N+](=O)[O-])cc2)s1. The predicted octanol–water partition coefficient (Wildman–Crippen LogP) is 4.57. The molecule has 1 heterocycles. The van der Waals surface area contributed by atoms with Crippen LogP contribution < -0.4 is 0 Å². The molecule has 0 saturated heterocycles. The Kier molecular flexibility index (Phi) is 5.81. The molecule has 0 aliphatic heterocycles. The molecule has 0 atom stereocenters. The van der Waals surface area contributed by atoms with E-state index in [-0.39, 0.29) is 17.2 Å². The number of nitro groups is 1. The van der Waals surface area contributed by atoms with Crippen LogP contribution in [0.1, 0.15) is 16.6 Å². The van der Waals surface area contributed by atoms with Gasteiger partial charge in [0.05, 0.1) is 16.4 Å². The summed E-state index contributed by atoms with van der Waals surface area (Å²) in [4.78, 5) is 24.0. The number of benzene rings is 2. The van der Waals surface area contributed by atoms with Gasteiger partial charge in [-0.25, -0.2) is 13.2 Å². The Labute approximate surface area is 171 Å². The number of carbonyl (C=O) groups excluding carboxylic acids is 1. The molecule has 0 bridgehead atoms. The number of rotatable bonds is 6. The summed E-state index contributed by atoms with van der Waals surface area (Å²) in [7, 11) is -3.33. The van der Waals surface area contributed by atoms with Crippen molar-refractivity contribution in [1.82, 2.24) is 0 Å². The monoisotopic (exact) mass is 431 g/mol. The number of non-ortho nitro benzene ring substituents is 1. The molecule has 7 nitrogen and oxygen atoms in total. The number of thiophene rings is 1. The molecular formula is C20H17NO6S2. The van der Waals surface area contributed by atoms with Crippen LogP contribution in [0.25, 0.3) is 21.6 Å². The summed E-state index contributed by atoms with van der Waals surface area (Å²) in [5, 5.41) is 10.9. The Morgan fingerprint density at radius 2 is 1.66 bits per heavy atom. The normalized spacial score (nSPS) is 11.2. The summed E-state index contributed by atoms with van der Waals surface area (Å²) in [6.07, 6.45) is 1.13. The fraction of sp³-hybridized carbons (Fsp3) is 0.150. The molecular weight excluding hydrogens is 414 g/mol. The predicted molar refractivity (Wildman–Crippen MR) is 111 cm³/mol. The van der Waals surface area contributed by atoms with Crippen LogP contribution in [0.4, 0.5) is 5.69 Å². The Balaban J connectivity index is 2.11. The first-order valence-corrected chi connectivity index (χ1v) is 11.3. The number of hydrogen-bond acceptors (Lipinski definition) is 7. The highest BCUT2D eigenvalue weighted by Gasteiger charge is 2.19. The Morgan fingerprint density at radius 1 is 1.07 bits per heavy atom. The van der Waals surface area contributed by atoms with E-state index in [1.807, 2.05) is 0 Å². The van der Waals surface area contributed by atoms with Gasteiger partial charge in [0.25, 0.3) is 5.69 Å². The molecule has 1 aromatic heterocycles. The molecule has 0 saturated carbocycles. The lowest BCUT2D eigenvalue weighted by molar-refractivity contribution is -0.384. The molecule has 3 aromatic rings. The van der Waals surface area contributed by atoms with Crippen LogP contribution in [0.15, 0.2) is 59.5 Å². The number of hydrogen-bond donors (Lipinski definition) is 0. The van der Waals surface area contributed by atoms with Crippen molar-refractivity contribution in [3.05, 3.63) is 69.6 Å². The number of ether oxygens (including phenoxy) is 1. The van der Waals surface area contributed by atoms with Gasteiger partial charge in [0.2, 0.25) is 0 Å². The highest BCUT2D eigenvalue weighted by Crippen LogP contribution is 2.40. The average molecular weight is 431 g/mol. The van der Waals surface area contributed by atoms with Gasteiger partial charge in [0, 0.05) is 28.8 Å². The molecule has 29 heavy (non-hydrogen) atoms. The number of nitrogens with zero attached hydrogens (tertiary/aromatic N) is 1. The molecule has 9 heteroatoms. The second-order valence-electron chi connectivity index (χ2n) is 6.17. The maximum Gasteiger partial charge on any atom is 0.348 e. The Hall–Kier alpha value is -3.04. The van der Waals surface area contributed by atoms with Gasteiger partial charge in [0.15, 0.2) is 9.84 Å². The van der Waals surface area contributed by atoms with Crippen molar-refractivity contribution >= 4 is 32.8 Å². The highest BCUT2D eigenvalue weighted by molar-refractivity contribution is 7.90. The van der Waals surface area contributed by atoms with Crippen LogP contribution >= 0.6 is 11.3 Å². The molecule has 0 amide bonds. The summed E-state index contributed by atoms with van der Waals surface area (Å²) < 4.78 is 28.5. The molecule has 150 valence electrons. The largest absolute Gasteiger partial charge is 0.462 e. The molecule has 0 N–H and O–H groups in total. The van der Waals surface area contributed by atoms with Crippen molar-refractivity contribution in [2.45, 2.75) is 11.8 Å². The second kappa shape index (κ2) is 8.14. The summed E-state index contributed by atoms with van der Waals surface area (Å²) >= 11 is 1.22. The second-order valence-corrected chi connectivity index (χ2v) is 9.24. The van der Waals surface area contributed by atoms with E-state index < -0.39 is 20.7 Å². The minimum absolute atomic E-state index is 0.0324. The quantitative estimate of drug-likeness (QED) is 0.322. The lowest BCUT2D eigenvalue weighted by Gasteiger charge is -2.06. The summed E-state index contributed by atoms with van der Waals surface area (Å²) in [6, 6.07) is 14.1. The van der Waals surface area contributed by atoms with Gasteiger partial charge in [-0.05, 0) is 48.4 Å². The zero-order valence-electron chi connectivity index (χ0n) is 15.6. The molecule has 0 radical (unpaired) electrons. The zero-order chi connectivity index (χ0) is 21.2. The first-order valence-electron chi connectivity index (χ1n) is 8.57. The lowest BCUT2D eigenvalue weighted by atomic mass is 10.0. The standard InChI is InChI=1S/C20H17NO6S2/c1-3-27-20(22)18-12-17(13-6-10-16(11-7-13)29(2,25)26)19(28-18)14-4-8-15(9-5-14)21(23)24/h4-12H,3H2,1-2H3. The van der Waals surface area contributed by atoms with Crippen molar-refractivity contribution in [2.24, 2.45) is 0 Å². The fourth-order valence-corrected chi connectivity index (χ4v) is 4.45. The minimum Gasteiger partial charge on any atom is -0.462 e. The summed E-state index contributed by atoms with van der Waals surface area (Å²) in [5.74, 6) is -0.459. The Morgan fingerprint density at radius 3 is 2.17 bits per heavy atom. The average Bonchev–Trinajstić information content (AvgIpc) is 3.13. The van der Waals surface area contributed by atoms with Crippen LogP contribution in [0.5, 0.6) is 0 Å². The number of esters is 1. The molecule has 0 aliphatic carbocycles. The van der Waals surface area contributed by atoms with Crippen molar-refractivity contribution < 1.29 is 22.9 Å². The van der Waals surface area contributed by atoms with E-state index in [1.165, 1.54) is 35.6 Å². The third-order valence-corrected chi connectivity index (χ3v) is 6.44. The maximum absolute atomic E-state index is 12.2. The van der Waals surface area contributed by atoms with E-state index >= 15 is 0 Å². The van der Waals surface area contributed by atoms with E-state index in [1.54, 1.807) is 37.3 Å². The first kappa shape index (κ1) is 20.7.